The summed E-state index contributed by atoms with van der Waals surface area (Å²) in [5.74, 6) is -0.942. The van der Waals surface area contributed by atoms with E-state index in [9.17, 15) is 8.78 Å². The van der Waals surface area contributed by atoms with Crippen molar-refractivity contribution in [1.82, 2.24) is 0 Å². The molecule has 0 saturated heterocycles. The number of rotatable bonds is 1. The topological polar surface area (TPSA) is 12.5 Å². The van der Waals surface area contributed by atoms with Gasteiger partial charge in [-0.3, -0.25) is 0 Å². The quantitative estimate of drug-likeness (QED) is 0.760. The third-order valence-corrected chi connectivity index (χ3v) is 2.97. The molecule has 1 aliphatic rings. The van der Waals surface area contributed by atoms with Crippen molar-refractivity contribution in [3.05, 3.63) is 53.6 Å². The van der Waals surface area contributed by atoms with E-state index in [0.29, 0.717) is 12.4 Å². The molecule has 0 aliphatic carbocycles. The summed E-state index contributed by atoms with van der Waals surface area (Å²) in [5, 5.41) is 0. The van der Waals surface area contributed by atoms with Gasteiger partial charge in [-0.15, -0.1) is 0 Å². The van der Waals surface area contributed by atoms with Crippen LogP contribution < -0.4 is 9.64 Å². The first-order chi connectivity index (χ1) is 8.65. The van der Waals surface area contributed by atoms with Gasteiger partial charge in [0, 0.05) is 11.8 Å². The number of hydrogen-bond acceptors (Lipinski definition) is 2. The SMILES string of the molecule is Cc1ccc2c(c1)N(c1ccc(F)c(F)c1)CO2. The average Bonchev–Trinajstić information content (AvgIpc) is 2.75. The molecule has 0 fully saturated rings. The molecular weight excluding hydrogens is 236 g/mol. The van der Waals surface area contributed by atoms with Crippen LogP contribution in [0.1, 0.15) is 5.56 Å². The van der Waals surface area contributed by atoms with Crippen molar-refractivity contribution in [3.63, 3.8) is 0 Å². The van der Waals surface area contributed by atoms with Crippen molar-refractivity contribution in [1.29, 1.82) is 0 Å². The van der Waals surface area contributed by atoms with Gasteiger partial charge in [0.1, 0.15) is 5.75 Å². The van der Waals surface area contributed by atoms with Crippen LogP contribution in [0.2, 0.25) is 0 Å². The highest BCUT2D eigenvalue weighted by Crippen LogP contribution is 2.39. The fraction of sp³-hybridized carbons (Fsp3) is 0.143. The summed E-state index contributed by atoms with van der Waals surface area (Å²) in [6.07, 6.45) is 0. The molecule has 2 nitrogen and oxygen atoms in total. The van der Waals surface area contributed by atoms with Crippen LogP contribution in [0.4, 0.5) is 20.2 Å². The van der Waals surface area contributed by atoms with Gasteiger partial charge in [-0.05, 0) is 36.8 Å². The normalized spacial score (nSPS) is 13.4. The lowest BCUT2D eigenvalue weighted by atomic mass is 10.2. The van der Waals surface area contributed by atoms with Crippen molar-refractivity contribution in [2.45, 2.75) is 6.92 Å². The molecule has 0 radical (unpaired) electrons. The summed E-state index contributed by atoms with van der Waals surface area (Å²) in [4.78, 5) is 1.81. The fourth-order valence-electron chi connectivity index (χ4n) is 2.03. The van der Waals surface area contributed by atoms with E-state index in [-0.39, 0.29) is 0 Å². The van der Waals surface area contributed by atoms with Crippen molar-refractivity contribution in [3.8, 4) is 5.75 Å². The lowest BCUT2D eigenvalue weighted by molar-refractivity contribution is 0.357. The Labute approximate surface area is 103 Å². The minimum absolute atomic E-state index is 0.309. The Balaban J connectivity index is 2.05. The van der Waals surface area contributed by atoms with Crippen molar-refractivity contribution in [2.24, 2.45) is 0 Å². The summed E-state index contributed by atoms with van der Waals surface area (Å²) in [6.45, 7) is 2.28. The van der Waals surface area contributed by atoms with Gasteiger partial charge in [0.15, 0.2) is 18.4 Å². The number of fused-ring (bicyclic) bond motifs is 1. The standard InChI is InChI=1S/C14H11F2NO/c1-9-2-5-14-13(6-9)17(8-18-14)10-3-4-11(15)12(16)7-10/h2-7H,8H2,1H3. The van der Waals surface area contributed by atoms with Gasteiger partial charge in [0.2, 0.25) is 0 Å². The van der Waals surface area contributed by atoms with Gasteiger partial charge in [-0.1, -0.05) is 6.07 Å². The van der Waals surface area contributed by atoms with Crippen LogP contribution in [0.5, 0.6) is 5.75 Å². The highest BCUT2D eigenvalue weighted by Gasteiger charge is 2.22. The first-order valence-corrected chi connectivity index (χ1v) is 5.61. The number of nitrogens with zero attached hydrogens (tertiary/aromatic N) is 1. The molecule has 0 spiro atoms. The minimum Gasteiger partial charge on any atom is -0.471 e. The summed E-state index contributed by atoms with van der Waals surface area (Å²) in [5.41, 5.74) is 2.55. The Bertz CT molecular complexity index is 613. The smallest absolute Gasteiger partial charge is 0.165 e. The van der Waals surface area contributed by atoms with E-state index in [4.69, 9.17) is 4.74 Å². The molecule has 4 heteroatoms. The van der Waals surface area contributed by atoms with E-state index in [2.05, 4.69) is 0 Å². The van der Waals surface area contributed by atoms with E-state index >= 15 is 0 Å². The Morgan fingerprint density at radius 3 is 2.67 bits per heavy atom. The average molecular weight is 247 g/mol. The molecule has 0 N–H and O–H groups in total. The predicted octanol–water partition coefficient (Wildman–Crippen LogP) is 3.76. The number of anilines is 2. The molecular formula is C14H11F2NO. The first-order valence-electron chi connectivity index (χ1n) is 5.61. The molecule has 0 saturated carbocycles. The van der Waals surface area contributed by atoms with Crippen molar-refractivity contribution >= 4 is 11.4 Å². The van der Waals surface area contributed by atoms with Crippen molar-refractivity contribution < 1.29 is 13.5 Å². The van der Waals surface area contributed by atoms with Crippen LogP contribution in [0, 0.1) is 18.6 Å². The molecule has 0 unspecified atom stereocenters. The Morgan fingerprint density at radius 1 is 1.06 bits per heavy atom. The molecule has 18 heavy (non-hydrogen) atoms. The maximum Gasteiger partial charge on any atom is 0.165 e. The zero-order valence-corrected chi connectivity index (χ0v) is 9.78. The summed E-state index contributed by atoms with van der Waals surface area (Å²) >= 11 is 0. The second-order valence-electron chi connectivity index (χ2n) is 4.27. The minimum atomic E-state index is -0.853. The second-order valence-corrected chi connectivity index (χ2v) is 4.27. The Morgan fingerprint density at radius 2 is 1.89 bits per heavy atom. The van der Waals surface area contributed by atoms with E-state index < -0.39 is 11.6 Å². The van der Waals surface area contributed by atoms with E-state index in [1.165, 1.54) is 6.07 Å². The number of benzene rings is 2. The summed E-state index contributed by atoms with van der Waals surface area (Å²) in [6, 6.07) is 9.63. The Hall–Kier alpha value is -2.10. The number of ether oxygens (including phenoxy) is 1. The number of aryl methyl sites for hydroxylation is 1. The lowest BCUT2D eigenvalue weighted by Gasteiger charge is -2.17. The van der Waals surface area contributed by atoms with Crippen molar-refractivity contribution in [2.75, 3.05) is 11.6 Å². The van der Waals surface area contributed by atoms with Crippen LogP contribution >= 0.6 is 0 Å². The molecule has 2 aromatic rings. The predicted molar refractivity (Wildman–Crippen MR) is 65.2 cm³/mol. The van der Waals surface area contributed by atoms with Gasteiger partial charge in [-0.2, -0.15) is 0 Å². The zero-order valence-electron chi connectivity index (χ0n) is 9.78. The van der Waals surface area contributed by atoms with Crippen LogP contribution in [0.25, 0.3) is 0 Å². The molecule has 0 atom stereocenters. The zero-order chi connectivity index (χ0) is 12.7. The summed E-state index contributed by atoms with van der Waals surface area (Å²) in [7, 11) is 0. The maximum absolute atomic E-state index is 13.2. The highest BCUT2D eigenvalue weighted by atomic mass is 19.2. The maximum atomic E-state index is 13.2. The molecule has 2 aromatic carbocycles. The molecule has 3 rings (SSSR count). The molecule has 1 aliphatic heterocycles. The highest BCUT2D eigenvalue weighted by molar-refractivity contribution is 5.72. The Kier molecular flexibility index (Phi) is 2.44. The summed E-state index contributed by atoms with van der Waals surface area (Å²) < 4.78 is 31.7. The monoisotopic (exact) mass is 247 g/mol. The molecule has 0 amide bonds. The van der Waals surface area contributed by atoms with Crippen LogP contribution in [-0.4, -0.2) is 6.73 Å². The van der Waals surface area contributed by atoms with E-state index in [0.717, 1.165) is 23.1 Å². The third-order valence-electron chi connectivity index (χ3n) is 2.97. The van der Waals surface area contributed by atoms with Gasteiger partial charge >= 0.3 is 0 Å². The molecule has 92 valence electrons. The number of halogens is 2. The molecule has 0 bridgehead atoms. The molecule has 0 aromatic heterocycles. The van der Waals surface area contributed by atoms with Crippen LogP contribution in [0.3, 0.4) is 0 Å². The lowest BCUT2D eigenvalue weighted by Crippen LogP contribution is -2.15. The fourth-order valence-corrected chi connectivity index (χ4v) is 2.03. The van der Waals surface area contributed by atoms with Crippen LogP contribution in [0.15, 0.2) is 36.4 Å². The molecule has 1 heterocycles. The van der Waals surface area contributed by atoms with Gasteiger partial charge in [0.25, 0.3) is 0 Å². The third kappa shape index (κ3) is 1.70. The van der Waals surface area contributed by atoms with E-state index in [1.807, 2.05) is 30.0 Å². The van der Waals surface area contributed by atoms with E-state index in [1.54, 1.807) is 6.07 Å². The van der Waals surface area contributed by atoms with Crippen LogP contribution in [-0.2, 0) is 0 Å². The number of hydrogen-bond donors (Lipinski definition) is 0. The van der Waals surface area contributed by atoms with Gasteiger partial charge in [-0.25, -0.2) is 8.78 Å². The first kappa shape index (κ1) is 11.0. The van der Waals surface area contributed by atoms with Gasteiger partial charge < -0.3 is 9.64 Å². The second kappa shape index (κ2) is 3.98. The van der Waals surface area contributed by atoms with Gasteiger partial charge in [0.05, 0.1) is 5.69 Å². The largest absolute Gasteiger partial charge is 0.471 e.